The molecule has 32 heavy (non-hydrogen) atoms. The van der Waals surface area contributed by atoms with Crippen LogP contribution in [0, 0.1) is 0 Å². The first-order valence-electron chi connectivity index (χ1n) is 10.5. The molecular formula is C26H30N2O4. The maximum Gasteiger partial charge on any atom is 0.258 e. The first-order chi connectivity index (χ1) is 15.6. The Kier molecular flexibility index (Phi) is 8.11. The second-order valence-electron chi connectivity index (χ2n) is 7.33. The summed E-state index contributed by atoms with van der Waals surface area (Å²) in [5.41, 5.74) is 1.82. The van der Waals surface area contributed by atoms with Crippen molar-refractivity contribution in [2.75, 3.05) is 20.2 Å². The van der Waals surface area contributed by atoms with Gasteiger partial charge in [0.15, 0.2) is 17.3 Å². The number of aromatic nitrogens is 1. The zero-order valence-electron chi connectivity index (χ0n) is 18.7. The van der Waals surface area contributed by atoms with Crippen molar-refractivity contribution < 1.29 is 18.4 Å². The lowest BCUT2D eigenvalue weighted by Crippen LogP contribution is -2.28. The Hall–Kier alpha value is -3.51. The summed E-state index contributed by atoms with van der Waals surface area (Å²) in [7, 11) is 1.62. The van der Waals surface area contributed by atoms with Crippen LogP contribution >= 0.6 is 0 Å². The fourth-order valence-corrected chi connectivity index (χ4v) is 3.72. The SMILES string of the molecule is C=CCN(CC=C)[C@@H](C=C)c1onc(OCc2ccccc2)c1C(C)c1occc1OC. The predicted molar refractivity (Wildman–Crippen MR) is 125 cm³/mol. The molecule has 0 aliphatic rings. The lowest BCUT2D eigenvalue weighted by molar-refractivity contribution is 0.226. The van der Waals surface area contributed by atoms with Gasteiger partial charge in [-0.1, -0.05) is 55.5 Å². The van der Waals surface area contributed by atoms with E-state index in [-0.39, 0.29) is 12.0 Å². The highest BCUT2D eigenvalue weighted by molar-refractivity contribution is 5.43. The number of methoxy groups -OCH3 is 1. The standard InChI is InChI=1S/C26H30N2O4/c1-6-15-28(16-7-2)21(8-3)25-23(19(4)24-22(29-5)14-17-30-24)26(27-32-25)31-18-20-12-10-9-11-13-20/h6-14,17,19,21H,1-3,15-16,18H2,4-5H3/t19?,21-/m0/s1. The smallest absolute Gasteiger partial charge is 0.258 e. The van der Waals surface area contributed by atoms with Crippen LogP contribution in [-0.2, 0) is 6.61 Å². The molecule has 2 heterocycles. The molecule has 3 aromatic rings. The molecule has 168 valence electrons. The third kappa shape index (κ3) is 5.03. The van der Waals surface area contributed by atoms with Gasteiger partial charge in [-0.2, -0.15) is 0 Å². The molecule has 1 unspecified atom stereocenters. The van der Waals surface area contributed by atoms with E-state index in [0.717, 1.165) is 11.1 Å². The molecule has 0 amide bonds. The largest absolute Gasteiger partial charge is 0.493 e. The van der Waals surface area contributed by atoms with Crippen molar-refractivity contribution in [2.24, 2.45) is 0 Å². The third-order valence-electron chi connectivity index (χ3n) is 5.26. The van der Waals surface area contributed by atoms with Crippen molar-refractivity contribution in [1.29, 1.82) is 0 Å². The van der Waals surface area contributed by atoms with Crippen LogP contribution in [0.4, 0.5) is 0 Å². The molecule has 0 fully saturated rings. The second-order valence-corrected chi connectivity index (χ2v) is 7.33. The molecule has 3 rings (SSSR count). The Balaban J connectivity index is 2.03. The zero-order valence-corrected chi connectivity index (χ0v) is 18.7. The topological polar surface area (TPSA) is 60.9 Å². The molecule has 0 saturated carbocycles. The van der Waals surface area contributed by atoms with E-state index in [4.69, 9.17) is 18.4 Å². The van der Waals surface area contributed by atoms with E-state index >= 15 is 0 Å². The fourth-order valence-electron chi connectivity index (χ4n) is 3.72. The van der Waals surface area contributed by atoms with Crippen LogP contribution in [0.25, 0.3) is 0 Å². The van der Waals surface area contributed by atoms with Crippen LogP contribution in [0.2, 0.25) is 0 Å². The Morgan fingerprint density at radius 1 is 1.06 bits per heavy atom. The molecule has 0 aliphatic carbocycles. The first-order valence-corrected chi connectivity index (χ1v) is 10.5. The van der Waals surface area contributed by atoms with Crippen molar-refractivity contribution in [3.8, 4) is 11.6 Å². The van der Waals surface area contributed by atoms with Gasteiger partial charge in [-0.05, 0) is 10.7 Å². The monoisotopic (exact) mass is 434 g/mol. The average Bonchev–Trinajstić information content (AvgIpc) is 3.46. The molecule has 0 aliphatic heterocycles. The van der Waals surface area contributed by atoms with E-state index in [9.17, 15) is 0 Å². The van der Waals surface area contributed by atoms with Crippen molar-refractivity contribution >= 4 is 0 Å². The van der Waals surface area contributed by atoms with E-state index in [2.05, 4.69) is 29.8 Å². The Bertz CT molecular complexity index is 1010. The minimum Gasteiger partial charge on any atom is -0.493 e. The van der Waals surface area contributed by atoms with Crippen molar-refractivity contribution in [1.82, 2.24) is 10.1 Å². The summed E-state index contributed by atoms with van der Waals surface area (Å²) in [5, 5.41) is 4.28. The van der Waals surface area contributed by atoms with E-state index < -0.39 is 0 Å². The second kappa shape index (κ2) is 11.2. The molecular weight excluding hydrogens is 404 g/mol. The van der Waals surface area contributed by atoms with Gasteiger partial charge in [0.2, 0.25) is 0 Å². The van der Waals surface area contributed by atoms with E-state index in [0.29, 0.717) is 42.8 Å². The van der Waals surface area contributed by atoms with Gasteiger partial charge in [-0.25, -0.2) is 0 Å². The average molecular weight is 435 g/mol. The Labute approximate surface area is 189 Å². The zero-order chi connectivity index (χ0) is 22.9. The minimum atomic E-state index is -0.258. The van der Waals surface area contributed by atoms with Crippen LogP contribution in [0.5, 0.6) is 11.6 Å². The predicted octanol–water partition coefficient (Wildman–Crippen LogP) is 5.91. The number of hydrogen-bond donors (Lipinski definition) is 0. The fraction of sp³-hybridized carbons (Fsp3) is 0.269. The van der Waals surface area contributed by atoms with Gasteiger partial charge in [-0.15, -0.1) is 19.7 Å². The lowest BCUT2D eigenvalue weighted by Gasteiger charge is -2.26. The molecule has 6 nitrogen and oxygen atoms in total. The summed E-state index contributed by atoms with van der Waals surface area (Å²) in [6.45, 7) is 15.4. The number of rotatable bonds is 13. The summed E-state index contributed by atoms with van der Waals surface area (Å²) < 4.78 is 23.2. The molecule has 0 bridgehead atoms. The van der Waals surface area contributed by atoms with Crippen molar-refractivity contribution in [3.05, 3.63) is 103 Å². The van der Waals surface area contributed by atoms with E-state index in [1.54, 1.807) is 19.4 Å². The van der Waals surface area contributed by atoms with Crippen molar-refractivity contribution in [2.45, 2.75) is 25.5 Å². The number of benzene rings is 1. The van der Waals surface area contributed by atoms with Crippen LogP contribution in [0.15, 0.2) is 89.6 Å². The molecule has 2 aromatic heterocycles. The van der Waals surface area contributed by atoms with E-state index in [1.807, 2.05) is 55.5 Å². The van der Waals surface area contributed by atoms with Gasteiger partial charge in [0, 0.05) is 19.2 Å². The minimum absolute atomic E-state index is 0.233. The maximum absolute atomic E-state index is 6.11. The highest BCUT2D eigenvalue weighted by Gasteiger charge is 2.33. The summed E-state index contributed by atoms with van der Waals surface area (Å²) in [6.07, 6.45) is 7.10. The molecule has 0 N–H and O–H groups in total. The number of nitrogens with zero attached hydrogens (tertiary/aromatic N) is 2. The molecule has 2 atom stereocenters. The number of furan rings is 1. The highest BCUT2D eigenvalue weighted by Crippen LogP contribution is 2.42. The number of hydrogen-bond acceptors (Lipinski definition) is 6. The van der Waals surface area contributed by atoms with Gasteiger partial charge >= 0.3 is 0 Å². The highest BCUT2D eigenvalue weighted by atomic mass is 16.5. The summed E-state index contributed by atoms with van der Waals surface area (Å²) in [4.78, 5) is 2.13. The van der Waals surface area contributed by atoms with Crippen LogP contribution in [0.3, 0.4) is 0 Å². The van der Waals surface area contributed by atoms with Gasteiger partial charge in [0.05, 0.1) is 30.9 Å². The summed E-state index contributed by atoms with van der Waals surface area (Å²) in [6, 6.07) is 11.4. The molecule has 0 spiro atoms. The Morgan fingerprint density at radius 2 is 1.78 bits per heavy atom. The van der Waals surface area contributed by atoms with E-state index in [1.165, 1.54) is 0 Å². The summed E-state index contributed by atoms with van der Waals surface area (Å²) in [5.74, 6) is 2.14. The van der Waals surface area contributed by atoms with Gasteiger partial charge in [-0.3, -0.25) is 4.90 Å². The number of ether oxygens (including phenoxy) is 2. The normalized spacial score (nSPS) is 12.8. The van der Waals surface area contributed by atoms with Crippen LogP contribution in [0.1, 0.15) is 41.5 Å². The lowest BCUT2D eigenvalue weighted by atomic mass is 9.95. The van der Waals surface area contributed by atoms with Crippen LogP contribution in [-0.4, -0.2) is 30.3 Å². The van der Waals surface area contributed by atoms with Crippen LogP contribution < -0.4 is 9.47 Å². The molecule has 6 heteroatoms. The molecule has 0 radical (unpaired) electrons. The summed E-state index contributed by atoms with van der Waals surface area (Å²) >= 11 is 0. The first kappa shape index (κ1) is 23.2. The van der Waals surface area contributed by atoms with Crippen molar-refractivity contribution in [3.63, 3.8) is 0 Å². The maximum atomic E-state index is 6.11. The van der Waals surface area contributed by atoms with Gasteiger partial charge in [0.1, 0.15) is 6.61 Å². The quantitative estimate of drug-likeness (QED) is 0.312. The van der Waals surface area contributed by atoms with Gasteiger partial charge < -0.3 is 18.4 Å². The molecule has 0 saturated heterocycles. The van der Waals surface area contributed by atoms with Gasteiger partial charge in [0.25, 0.3) is 5.88 Å². The molecule has 1 aromatic carbocycles. The third-order valence-corrected chi connectivity index (χ3v) is 5.26. The Morgan fingerprint density at radius 3 is 2.41 bits per heavy atom.